The second kappa shape index (κ2) is 9.20. The van der Waals surface area contributed by atoms with Gasteiger partial charge in [0.25, 0.3) is 5.91 Å². The summed E-state index contributed by atoms with van der Waals surface area (Å²) >= 11 is 0. The molecular weight excluding hydrogens is 316 g/mol. The van der Waals surface area contributed by atoms with Crippen LogP contribution in [-0.4, -0.2) is 67.7 Å². The maximum Gasteiger partial charge on any atom is 0.260 e. The average molecular weight is 346 g/mol. The molecule has 0 spiro atoms. The van der Waals surface area contributed by atoms with E-state index < -0.39 is 0 Å². The summed E-state index contributed by atoms with van der Waals surface area (Å²) in [5, 5.41) is 0. The second-order valence-electron chi connectivity index (χ2n) is 7.08. The quantitative estimate of drug-likeness (QED) is 0.761. The Hall–Kier alpha value is -1.59. The van der Waals surface area contributed by atoms with Crippen LogP contribution in [0.5, 0.6) is 5.75 Å². The van der Waals surface area contributed by atoms with E-state index in [-0.39, 0.29) is 18.6 Å². The summed E-state index contributed by atoms with van der Waals surface area (Å²) in [4.78, 5) is 17.3. The highest BCUT2D eigenvalue weighted by Gasteiger charge is 2.26. The van der Waals surface area contributed by atoms with E-state index in [1.807, 2.05) is 36.1 Å². The lowest BCUT2D eigenvalue weighted by atomic mass is 10.1. The van der Waals surface area contributed by atoms with E-state index in [9.17, 15) is 4.79 Å². The molecular formula is C20H30N2O3. The molecule has 0 atom stereocenters. The Morgan fingerprint density at radius 2 is 2.04 bits per heavy atom. The molecule has 2 aliphatic rings. The van der Waals surface area contributed by atoms with Crippen molar-refractivity contribution in [3.05, 3.63) is 29.8 Å². The Kier molecular flexibility index (Phi) is 6.70. The number of nitrogens with zero attached hydrogens (tertiary/aromatic N) is 2. The average Bonchev–Trinajstić information content (AvgIpc) is 3.15. The molecule has 0 bridgehead atoms. The fourth-order valence-corrected chi connectivity index (χ4v) is 3.70. The van der Waals surface area contributed by atoms with E-state index in [0.29, 0.717) is 0 Å². The highest BCUT2D eigenvalue weighted by Crippen LogP contribution is 2.17. The van der Waals surface area contributed by atoms with Crippen LogP contribution in [0.3, 0.4) is 0 Å². The lowest BCUT2D eigenvalue weighted by Gasteiger charge is -2.35. The molecule has 1 amide bonds. The third kappa shape index (κ3) is 5.44. The van der Waals surface area contributed by atoms with E-state index in [0.717, 1.165) is 63.5 Å². The predicted molar refractivity (Wildman–Crippen MR) is 97.9 cm³/mol. The maximum atomic E-state index is 12.8. The van der Waals surface area contributed by atoms with Gasteiger partial charge in [-0.2, -0.15) is 0 Å². The molecule has 2 saturated heterocycles. The molecule has 2 fully saturated rings. The lowest BCUT2D eigenvalue weighted by molar-refractivity contribution is -0.137. The molecule has 2 aliphatic heterocycles. The minimum atomic E-state index is 0.0904. The van der Waals surface area contributed by atoms with Crippen LogP contribution in [0.2, 0.25) is 0 Å². The highest BCUT2D eigenvalue weighted by atomic mass is 16.5. The monoisotopic (exact) mass is 346 g/mol. The van der Waals surface area contributed by atoms with Gasteiger partial charge in [0.05, 0.1) is 0 Å². The van der Waals surface area contributed by atoms with E-state index in [2.05, 4.69) is 4.90 Å². The Morgan fingerprint density at radius 3 is 2.76 bits per heavy atom. The number of aryl methyl sites for hydroxylation is 1. The van der Waals surface area contributed by atoms with Crippen LogP contribution in [0.1, 0.15) is 31.2 Å². The minimum Gasteiger partial charge on any atom is -0.484 e. The van der Waals surface area contributed by atoms with Crippen molar-refractivity contribution in [2.24, 2.45) is 0 Å². The first-order valence-corrected chi connectivity index (χ1v) is 9.51. The fraction of sp³-hybridized carbons (Fsp3) is 0.650. The Balaban J connectivity index is 1.56. The zero-order chi connectivity index (χ0) is 17.5. The summed E-state index contributed by atoms with van der Waals surface area (Å²) in [5.74, 6) is 0.854. The molecule has 0 aliphatic carbocycles. The molecule has 3 rings (SSSR count). The van der Waals surface area contributed by atoms with Crippen molar-refractivity contribution in [3.63, 3.8) is 0 Å². The molecule has 0 saturated carbocycles. The normalized spacial score (nSPS) is 19.1. The number of carbonyl (C=O) groups is 1. The van der Waals surface area contributed by atoms with E-state index in [4.69, 9.17) is 9.47 Å². The molecule has 1 aromatic carbocycles. The third-order valence-electron chi connectivity index (χ3n) is 5.16. The first-order chi connectivity index (χ1) is 12.2. The summed E-state index contributed by atoms with van der Waals surface area (Å²) in [6.45, 7) is 7.72. The third-order valence-corrected chi connectivity index (χ3v) is 5.16. The van der Waals surface area contributed by atoms with Crippen molar-refractivity contribution < 1.29 is 14.3 Å². The van der Waals surface area contributed by atoms with Gasteiger partial charge in [-0.05, 0) is 63.4 Å². The van der Waals surface area contributed by atoms with Crippen LogP contribution >= 0.6 is 0 Å². The van der Waals surface area contributed by atoms with E-state index >= 15 is 0 Å². The molecule has 0 unspecified atom stereocenters. The number of likely N-dealkylation sites (tertiary alicyclic amines) is 1. The van der Waals surface area contributed by atoms with Crippen molar-refractivity contribution in [1.82, 2.24) is 9.80 Å². The van der Waals surface area contributed by atoms with Crippen LogP contribution in [0.15, 0.2) is 24.3 Å². The number of benzene rings is 1. The van der Waals surface area contributed by atoms with Crippen LogP contribution in [0.25, 0.3) is 0 Å². The lowest BCUT2D eigenvalue weighted by Crippen LogP contribution is -2.48. The zero-order valence-corrected chi connectivity index (χ0v) is 15.3. The van der Waals surface area contributed by atoms with Gasteiger partial charge in [-0.15, -0.1) is 0 Å². The Morgan fingerprint density at radius 1 is 1.28 bits per heavy atom. The summed E-state index contributed by atoms with van der Waals surface area (Å²) in [7, 11) is 0. The van der Waals surface area contributed by atoms with Crippen molar-refractivity contribution in [2.75, 3.05) is 46.0 Å². The molecule has 25 heavy (non-hydrogen) atoms. The maximum absolute atomic E-state index is 12.8. The zero-order valence-electron chi connectivity index (χ0n) is 15.3. The number of ether oxygens (including phenoxy) is 2. The number of amides is 1. The molecule has 138 valence electrons. The molecule has 2 heterocycles. The minimum absolute atomic E-state index is 0.0904. The molecule has 5 heteroatoms. The largest absolute Gasteiger partial charge is 0.484 e. The first kappa shape index (κ1) is 18.2. The Bertz CT molecular complexity index is 552. The summed E-state index contributed by atoms with van der Waals surface area (Å²) in [6.07, 6.45) is 4.41. The van der Waals surface area contributed by atoms with Crippen molar-refractivity contribution in [2.45, 2.75) is 38.6 Å². The van der Waals surface area contributed by atoms with Gasteiger partial charge < -0.3 is 19.3 Å². The second-order valence-corrected chi connectivity index (χ2v) is 7.08. The predicted octanol–water partition coefficient (Wildman–Crippen LogP) is 2.48. The summed E-state index contributed by atoms with van der Waals surface area (Å²) in [5.41, 5.74) is 1.14. The molecule has 5 nitrogen and oxygen atoms in total. The SMILES string of the molecule is Cc1cccc(OCC(=O)N(CCN2CCCC2)C2CCOCC2)c1. The molecule has 1 aromatic rings. The van der Waals surface area contributed by atoms with Gasteiger partial charge in [0, 0.05) is 32.3 Å². The van der Waals surface area contributed by atoms with Gasteiger partial charge in [0.15, 0.2) is 6.61 Å². The van der Waals surface area contributed by atoms with Crippen LogP contribution in [-0.2, 0) is 9.53 Å². The van der Waals surface area contributed by atoms with Gasteiger partial charge in [-0.3, -0.25) is 4.79 Å². The molecule has 0 N–H and O–H groups in total. The van der Waals surface area contributed by atoms with Gasteiger partial charge in [0.1, 0.15) is 5.75 Å². The summed E-state index contributed by atoms with van der Waals surface area (Å²) in [6, 6.07) is 8.14. The standard InChI is InChI=1S/C20H30N2O3/c1-17-5-4-6-19(15-17)25-16-20(23)22(18-7-13-24-14-8-18)12-11-21-9-2-3-10-21/h4-6,15,18H,2-3,7-14,16H2,1H3. The van der Waals surface area contributed by atoms with Crippen LogP contribution in [0, 0.1) is 6.92 Å². The van der Waals surface area contributed by atoms with Gasteiger partial charge in [-0.1, -0.05) is 12.1 Å². The first-order valence-electron chi connectivity index (χ1n) is 9.51. The molecule has 0 aromatic heterocycles. The smallest absolute Gasteiger partial charge is 0.260 e. The van der Waals surface area contributed by atoms with Crippen molar-refractivity contribution in [3.8, 4) is 5.75 Å². The number of carbonyl (C=O) groups excluding carboxylic acids is 1. The Labute approximate surface area is 150 Å². The van der Waals surface area contributed by atoms with Crippen LogP contribution < -0.4 is 4.74 Å². The number of hydrogen-bond acceptors (Lipinski definition) is 4. The fourth-order valence-electron chi connectivity index (χ4n) is 3.70. The topological polar surface area (TPSA) is 42.0 Å². The number of hydrogen-bond donors (Lipinski definition) is 0. The molecule has 0 radical (unpaired) electrons. The highest BCUT2D eigenvalue weighted by molar-refractivity contribution is 5.78. The van der Waals surface area contributed by atoms with Gasteiger partial charge in [-0.25, -0.2) is 0 Å². The van der Waals surface area contributed by atoms with Crippen molar-refractivity contribution >= 4 is 5.91 Å². The van der Waals surface area contributed by atoms with Crippen molar-refractivity contribution in [1.29, 1.82) is 0 Å². The van der Waals surface area contributed by atoms with Gasteiger partial charge >= 0.3 is 0 Å². The summed E-state index contributed by atoms with van der Waals surface area (Å²) < 4.78 is 11.2. The number of rotatable bonds is 7. The van der Waals surface area contributed by atoms with Crippen LogP contribution in [0.4, 0.5) is 0 Å². The van der Waals surface area contributed by atoms with Gasteiger partial charge in [0.2, 0.25) is 0 Å². The van der Waals surface area contributed by atoms with E-state index in [1.165, 1.54) is 12.8 Å². The van der Waals surface area contributed by atoms with E-state index in [1.54, 1.807) is 0 Å².